The van der Waals surface area contributed by atoms with E-state index in [0.717, 1.165) is 50.2 Å². The second-order valence-corrected chi connectivity index (χ2v) is 6.64. The molecule has 0 unspecified atom stereocenters. The number of rotatable bonds is 5. The lowest BCUT2D eigenvalue weighted by atomic mass is 10.0. The summed E-state index contributed by atoms with van der Waals surface area (Å²) in [7, 11) is 4.05. The largest absolute Gasteiger partial charge is 0.381 e. The van der Waals surface area contributed by atoms with Crippen LogP contribution in [0.4, 0.5) is 0 Å². The molecular weight excluding hydrogens is 312 g/mol. The van der Waals surface area contributed by atoms with Crippen molar-refractivity contribution in [1.82, 2.24) is 18.5 Å². The number of benzene rings is 1. The summed E-state index contributed by atoms with van der Waals surface area (Å²) in [5, 5.41) is 0. The third-order valence-corrected chi connectivity index (χ3v) is 4.74. The van der Waals surface area contributed by atoms with Crippen molar-refractivity contribution in [2.45, 2.75) is 18.9 Å². The average Bonchev–Trinajstić information content (AvgIpc) is 3.03. The van der Waals surface area contributed by atoms with Gasteiger partial charge in [0.2, 0.25) is 0 Å². The van der Waals surface area contributed by atoms with Crippen LogP contribution in [0.3, 0.4) is 0 Å². The van der Waals surface area contributed by atoms with E-state index >= 15 is 0 Å². The molecule has 1 aliphatic rings. The molecule has 6 nitrogen and oxygen atoms in total. The van der Waals surface area contributed by atoms with Crippen molar-refractivity contribution >= 4 is 28.7 Å². The Hall–Kier alpha value is -1.57. The Morgan fingerprint density at radius 1 is 1.22 bits per heavy atom. The van der Waals surface area contributed by atoms with Crippen molar-refractivity contribution in [3.05, 3.63) is 23.8 Å². The van der Waals surface area contributed by atoms with E-state index < -0.39 is 0 Å². The quantitative estimate of drug-likeness (QED) is 0.835. The van der Waals surface area contributed by atoms with Crippen LogP contribution in [0.2, 0.25) is 0 Å². The topological polar surface area (TPSA) is 58.6 Å². The van der Waals surface area contributed by atoms with Gasteiger partial charge in [-0.15, -0.1) is 0 Å². The van der Waals surface area contributed by atoms with E-state index in [-0.39, 0.29) is 11.9 Å². The molecule has 2 heterocycles. The molecule has 0 N–H and O–H groups in total. The molecule has 0 spiro atoms. The standard InChI is InChI=1S/C16H22N4O2S/c1-19(2)7-8-20(13-5-9-22-10-6-13)16(21)12-3-4-14-15(11-12)18-23-17-14/h3-4,11,13H,5-10H2,1-2H3. The Balaban J connectivity index is 1.82. The van der Waals surface area contributed by atoms with E-state index in [1.807, 2.05) is 37.2 Å². The number of nitrogens with zero attached hydrogens (tertiary/aromatic N) is 4. The first-order valence-electron chi connectivity index (χ1n) is 7.91. The van der Waals surface area contributed by atoms with Gasteiger partial charge in [-0.2, -0.15) is 8.75 Å². The zero-order valence-electron chi connectivity index (χ0n) is 13.6. The molecular formula is C16H22N4O2S. The van der Waals surface area contributed by atoms with Crippen molar-refractivity contribution in [3.8, 4) is 0 Å². The molecule has 0 atom stereocenters. The highest BCUT2D eigenvalue weighted by Crippen LogP contribution is 2.20. The maximum Gasteiger partial charge on any atom is 0.254 e. The summed E-state index contributed by atoms with van der Waals surface area (Å²) < 4.78 is 13.9. The molecule has 1 aliphatic heterocycles. The van der Waals surface area contributed by atoms with E-state index in [4.69, 9.17) is 4.74 Å². The lowest BCUT2D eigenvalue weighted by Crippen LogP contribution is -2.46. The van der Waals surface area contributed by atoms with E-state index in [1.54, 1.807) is 0 Å². The van der Waals surface area contributed by atoms with Crippen LogP contribution < -0.4 is 0 Å². The van der Waals surface area contributed by atoms with Crippen LogP contribution in [0.5, 0.6) is 0 Å². The van der Waals surface area contributed by atoms with Crippen molar-refractivity contribution in [1.29, 1.82) is 0 Å². The second-order valence-electron chi connectivity index (χ2n) is 6.11. The highest BCUT2D eigenvalue weighted by atomic mass is 32.1. The average molecular weight is 334 g/mol. The molecule has 0 radical (unpaired) electrons. The first-order valence-corrected chi connectivity index (χ1v) is 8.64. The van der Waals surface area contributed by atoms with Crippen LogP contribution in [-0.4, -0.2) is 70.9 Å². The predicted octanol–water partition coefficient (Wildman–Crippen LogP) is 1.87. The minimum Gasteiger partial charge on any atom is -0.381 e. The van der Waals surface area contributed by atoms with Gasteiger partial charge in [-0.05, 0) is 45.1 Å². The monoisotopic (exact) mass is 334 g/mol. The Morgan fingerprint density at radius 3 is 2.70 bits per heavy atom. The zero-order chi connectivity index (χ0) is 16.2. The third-order valence-electron chi connectivity index (χ3n) is 4.18. The minimum atomic E-state index is 0.0775. The van der Waals surface area contributed by atoms with Crippen molar-refractivity contribution < 1.29 is 9.53 Å². The Labute approximate surface area is 140 Å². The second kappa shape index (κ2) is 7.33. The van der Waals surface area contributed by atoms with Crippen LogP contribution >= 0.6 is 11.7 Å². The molecule has 0 saturated carbocycles. The number of ether oxygens (including phenoxy) is 1. The van der Waals surface area contributed by atoms with E-state index in [2.05, 4.69) is 13.6 Å². The van der Waals surface area contributed by atoms with Gasteiger partial charge >= 0.3 is 0 Å². The fourth-order valence-electron chi connectivity index (χ4n) is 2.84. The van der Waals surface area contributed by atoms with Gasteiger partial charge < -0.3 is 14.5 Å². The van der Waals surface area contributed by atoms with E-state index in [0.29, 0.717) is 5.56 Å². The predicted molar refractivity (Wildman–Crippen MR) is 90.8 cm³/mol. The summed E-state index contributed by atoms with van der Waals surface area (Å²) in [5.74, 6) is 0.0775. The van der Waals surface area contributed by atoms with Gasteiger partial charge in [-0.1, -0.05) is 0 Å². The summed E-state index contributed by atoms with van der Waals surface area (Å²) in [6.07, 6.45) is 1.80. The van der Waals surface area contributed by atoms with Gasteiger partial charge in [0, 0.05) is 37.9 Å². The molecule has 124 valence electrons. The van der Waals surface area contributed by atoms with Crippen LogP contribution in [0.1, 0.15) is 23.2 Å². The fourth-order valence-corrected chi connectivity index (χ4v) is 3.35. The first kappa shape index (κ1) is 16.3. The van der Waals surface area contributed by atoms with Gasteiger partial charge in [0.15, 0.2) is 0 Å². The Morgan fingerprint density at radius 2 is 1.96 bits per heavy atom. The molecule has 1 fully saturated rings. The molecule has 7 heteroatoms. The number of carbonyl (C=O) groups excluding carboxylic acids is 1. The van der Waals surface area contributed by atoms with Gasteiger partial charge in [0.05, 0.1) is 11.7 Å². The van der Waals surface area contributed by atoms with E-state index in [9.17, 15) is 4.79 Å². The SMILES string of the molecule is CN(C)CCN(C(=O)c1ccc2nsnc2c1)C1CCOCC1. The summed E-state index contributed by atoms with van der Waals surface area (Å²) in [6.45, 7) is 3.03. The van der Waals surface area contributed by atoms with Crippen LogP contribution in [0.25, 0.3) is 11.0 Å². The molecule has 0 bridgehead atoms. The third kappa shape index (κ3) is 3.85. The molecule has 1 aromatic carbocycles. The maximum absolute atomic E-state index is 13.0. The van der Waals surface area contributed by atoms with Gasteiger partial charge in [0.1, 0.15) is 11.0 Å². The maximum atomic E-state index is 13.0. The Bertz CT molecular complexity index is 667. The number of likely N-dealkylation sites (N-methyl/N-ethyl adjacent to an activating group) is 1. The highest BCUT2D eigenvalue weighted by Gasteiger charge is 2.26. The molecule has 2 aromatic rings. The molecule has 0 aliphatic carbocycles. The Kier molecular flexibility index (Phi) is 5.20. The lowest BCUT2D eigenvalue weighted by Gasteiger charge is -2.35. The summed E-state index contributed by atoms with van der Waals surface area (Å²) >= 11 is 1.18. The number of carbonyl (C=O) groups is 1. The zero-order valence-corrected chi connectivity index (χ0v) is 14.4. The fraction of sp³-hybridized carbons (Fsp3) is 0.562. The van der Waals surface area contributed by atoms with Gasteiger partial charge in [-0.25, -0.2) is 0 Å². The van der Waals surface area contributed by atoms with Crippen molar-refractivity contribution in [2.24, 2.45) is 0 Å². The summed E-state index contributed by atoms with van der Waals surface area (Å²) in [6, 6.07) is 5.83. The number of amides is 1. The minimum absolute atomic E-state index is 0.0775. The molecule has 23 heavy (non-hydrogen) atoms. The summed E-state index contributed by atoms with van der Waals surface area (Å²) in [5.41, 5.74) is 2.33. The molecule has 1 amide bonds. The molecule has 3 rings (SSSR count). The first-order chi connectivity index (χ1) is 11.1. The van der Waals surface area contributed by atoms with Crippen molar-refractivity contribution in [2.75, 3.05) is 40.4 Å². The van der Waals surface area contributed by atoms with Crippen LogP contribution in [0, 0.1) is 0 Å². The lowest BCUT2D eigenvalue weighted by molar-refractivity contribution is 0.0276. The normalized spacial score (nSPS) is 16.1. The number of aromatic nitrogens is 2. The molecule has 1 aromatic heterocycles. The number of hydrogen-bond donors (Lipinski definition) is 0. The molecule has 1 saturated heterocycles. The summed E-state index contributed by atoms with van der Waals surface area (Å²) in [4.78, 5) is 17.2. The van der Waals surface area contributed by atoms with Crippen LogP contribution in [0.15, 0.2) is 18.2 Å². The number of hydrogen-bond acceptors (Lipinski definition) is 6. The van der Waals surface area contributed by atoms with Crippen molar-refractivity contribution in [3.63, 3.8) is 0 Å². The van der Waals surface area contributed by atoms with Crippen LogP contribution in [-0.2, 0) is 4.74 Å². The van der Waals surface area contributed by atoms with Gasteiger partial charge in [0.25, 0.3) is 5.91 Å². The highest BCUT2D eigenvalue weighted by molar-refractivity contribution is 7.00. The smallest absolute Gasteiger partial charge is 0.254 e. The number of fused-ring (bicyclic) bond motifs is 1. The van der Waals surface area contributed by atoms with E-state index in [1.165, 1.54) is 11.7 Å². The van der Waals surface area contributed by atoms with Gasteiger partial charge in [-0.3, -0.25) is 4.79 Å².